The molecular weight excluding hydrogens is 352 g/mol. The first-order valence-corrected chi connectivity index (χ1v) is 9.82. The van der Waals surface area contributed by atoms with Gasteiger partial charge in [-0.25, -0.2) is 13.1 Å². The highest BCUT2D eigenvalue weighted by Gasteiger charge is 2.35. The third kappa shape index (κ3) is 4.05. The molecule has 2 aromatic rings. The number of anilines is 1. The number of carbonyl (C=O) groups excluding carboxylic acids is 1. The molecule has 0 saturated carbocycles. The Labute approximate surface area is 153 Å². The van der Waals surface area contributed by atoms with Crippen molar-refractivity contribution in [3.8, 4) is 5.75 Å². The van der Waals surface area contributed by atoms with Gasteiger partial charge >= 0.3 is 0 Å². The molecule has 0 bridgehead atoms. The monoisotopic (exact) mass is 374 g/mol. The van der Waals surface area contributed by atoms with Crippen LogP contribution < -0.4 is 14.8 Å². The minimum Gasteiger partial charge on any atom is -0.487 e. The number of hydrogen-bond acceptors (Lipinski definition) is 4. The van der Waals surface area contributed by atoms with E-state index in [2.05, 4.69) is 10.0 Å². The molecule has 2 N–H and O–H groups in total. The van der Waals surface area contributed by atoms with Crippen LogP contribution in [0.2, 0.25) is 0 Å². The van der Waals surface area contributed by atoms with Crippen LogP contribution in [-0.4, -0.2) is 19.9 Å². The van der Waals surface area contributed by atoms with Gasteiger partial charge in [0.15, 0.2) is 0 Å². The van der Waals surface area contributed by atoms with Gasteiger partial charge in [-0.05, 0) is 44.2 Å². The summed E-state index contributed by atoms with van der Waals surface area (Å²) in [6, 6.07) is 13.2. The lowest BCUT2D eigenvalue weighted by Crippen LogP contribution is -2.41. The molecule has 0 fully saturated rings. The van der Waals surface area contributed by atoms with Crippen LogP contribution in [0.4, 0.5) is 5.69 Å². The standard InChI is InChI=1S/C19H22N2O4S/c1-13(22)20-14-8-10-15(11-9-14)26(23,24)21-17-12-19(2,3)25-18-7-5-4-6-16(17)18/h4-11,17,21H,12H2,1-3H3,(H,20,22)/t17-/m1/s1. The molecule has 0 saturated heterocycles. The molecule has 3 rings (SSSR count). The molecule has 0 radical (unpaired) electrons. The molecule has 26 heavy (non-hydrogen) atoms. The maximum absolute atomic E-state index is 12.8. The SMILES string of the molecule is CC(=O)Nc1ccc(S(=O)(=O)N[C@@H]2CC(C)(C)Oc3ccccc32)cc1. The lowest BCUT2D eigenvalue weighted by molar-refractivity contribution is -0.114. The number of carbonyl (C=O) groups is 1. The Morgan fingerprint density at radius 3 is 2.42 bits per heavy atom. The maximum atomic E-state index is 12.8. The summed E-state index contributed by atoms with van der Waals surface area (Å²) >= 11 is 0. The summed E-state index contributed by atoms with van der Waals surface area (Å²) < 4.78 is 34.4. The molecule has 0 aromatic heterocycles. The van der Waals surface area contributed by atoms with Crippen LogP contribution in [-0.2, 0) is 14.8 Å². The fraction of sp³-hybridized carbons (Fsp3) is 0.316. The quantitative estimate of drug-likeness (QED) is 0.860. The van der Waals surface area contributed by atoms with Crippen molar-refractivity contribution < 1.29 is 17.9 Å². The van der Waals surface area contributed by atoms with E-state index in [0.29, 0.717) is 17.9 Å². The highest BCUT2D eigenvalue weighted by molar-refractivity contribution is 7.89. The van der Waals surface area contributed by atoms with Crippen molar-refractivity contribution in [3.63, 3.8) is 0 Å². The van der Waals surface area contributed by atoms with Crippen LogP contribution in [0.1, 0.15) is 38.8 Å². The molecule has 6 nitrogen and oxygen atoms in total. The summed E-state index contributed by atoms with van der Waals surface area (Å²) in [5.41, 5.74) is 0.899. The topological polar surface area (TPSA) is 84.5 Å². The number of para-hydroxylation sites is 1. The zero-order valence-corrected chi connectivity index (χ0v) is 15.8. The summed E-state index contributed by atoms with van der Waals surface area (Å²) in [6.07, 6.45) is 0.521. The van der Waals surface area contributed by atoms with Crippen LogP contribution >= 0.6 is 0 Å². The molecule has 1 amide bonds. The Kier molecular flexibility index (Phi) is 4.77. The molecular formula is C19H22N2O4S. The average Bonchev–Trinajstić information content (AvgIpc) is 2.53. The minimum absolute atomic E-state index is 0.147. The van der Waals surface area contributed by atoms with Gasteiger partial charge in [0.2, 0.25) is 15.9 Å². The van der Waals surface area contributed by atoms with Gasteiger partial charge in [-0.2, -0.15) is 0 Å². The molecule has 138 valence electrons. The van der Waals surface area contributed by atoms with Crippen molar-refractivity contribution in [2.75, 3.05) is 5.32 Å². The number of nitrogens with one attached hydrogen (secondary N) is 2. The largest absolute Gasteiger partial charge is 0.487 e. The van der Waals surface area contributed by atoms with E-state index in [1.807, 2.05) is 38.1 Å². The minimum atomic E-state index is -3.72. The average molecular weight is 374 g/mol. The highest BCUT2D eigenvalue weighted by Crippen LogP contribution is 2.39. The fourth-order valence-corrected chi connectivity index (χ4v) is 4.30. The van der Waals surface area contributed by atoms with E-state index in [-0.39, 0.29) is 16.8 Å². The van der Waals surface area contributed by atoms with Gasteiger partial charge < -0.3 is 10.1 Å². The van der Waals surface area contributed by atoms with Gasteiger partial charge in [-0.3, -0.25) is 4.79 Å². The Morgan fingerprint density at radius 1 is 1.12 bits per heavy atom. The summed E-state index contributed by atoms with van der Waals surface area (Å²) in [7, 11) is -3.72. The number of benzene rings is 2. The van der Waals surface area contributed by atoms with Crippen molar-refractivity contribution in [3.05, 3.63) is 54.1 Å². The fourth-order valence-electron chi connectivity index (χ4n) is 3.08. The number of rotatable bonds is 4. The number of ether oxygens (including phenoxy) is 1. The normalized spacial score (nSPS) is 18.5. The predicted molar refractivity (Wildman–Crippen MR) is 99.6 cm³/mol. The summed E-state index contributed by atoms with van der Waals surface area (Å²) in [6.45, 7) is 5.27. The first kappa shape index (κ1) is 18.4. The first-order chi connectivity index (χ1) is 12.2. The van der Waals surface area contributed by atoms with Crippen LogP contribution in [0.25, 0.3) is 0 Å². The van der Waals surface area contributed by atoms with Gasteiger partial charge in [-0.1, -0.05) is 18.2 Å². The van der Waals surface area contributed by atoms with E-state index in [1.165, 1.54) is 19.1 Å². The molecule has 1 atom stereocenters. The van der Waals surface area contributed by atoms with Crippen molar-refractivity contribution in [1.82, 2.24) is 4.72 Å². The highest BCUT2D eigenvalue weighted by atomic mass is 32.2. The van der Waals surface area contributed by atoms with Gasteiger partial charge in [0.1, 0.15) is 11.4 Å². The molecule has 1 heterocycles. The third-order valence-corrected chi connectivity index (χ3v) is 5.65. The van der Waals surface area contributed by atoms with Gasteiger partial charge in [0, 0.05) is 24.6 Å². The molecule has 1 aliphatic heterocycles. The molecule has 2 aromatic carbocycles. The number of amides is 1. The second kappa shape index (κ2) is 6.74. The zero-order valence-electron chi connectivity index (χ0n) is 14.9. The van der Waals surface area contributed by atoms with E-state index < -0.39 is 15.6 Å². The lowest BCUT2D eigenvalue weighted by Gasteiger charge is -2.37. The van der Waals surface area contributed by atoms with Crippen LogP contribution in [0.15, 0.2) is 53.4 Å². The van der Waals surface area contributed by atoms with E-state index in [1.54, 1.807) is 12.1 Å². The number of sulfonamides is 1. The van der Waals surface area contributed by atoms with Crippen molar-refractivity contribution >= 4 is 21.6 Å². The summed E-state index contributed by atoms with van der Waals surface area (Å²) in [4.78, 5) is 11.2. The van der Waals surface area contributed by atoms with Crippen molar-refractivity contribution in [1.29, 1.82) is 0 Å². The Balaban J connectivity index is 1.86. The predicted octanol–water partition coefficient (Wildman–Crippen LogP) is 3.23. The summed E-state index contributed by atoms with van der Waals surface area (Å²) in [5.74, 6) is 0.484. The Bertz CT molecular complexity index is 921. The van der Waals surface area contributed by atoms with E-state index in [9.17, 15) is 13.2 Å². The third-order valence-electron chi connectivity index (χ3n) is 4.16. The first-order valence-electron chi connectivity index (χ1n) is 8.34. The van der Waals surface area contributed by atoms with E-state index >= 15 is 0 Å². The van der Waals surface area contributed by atoms with Gasteiger partial charge in [0.05, 0.1) is 10.9 Å². The molecule has 7 heteroatoms. The van der Waals surface area contributed by atoms with Gasteiger partial charge in [-0.15, -0.1) is 0 Å². The molecule has 0 unspecified atom stereocenters. The molecule has 0 aliphatic carbocycles. The Morgan fingerprint density at radius 2 is 1.77 bits per heavy atom. The van der Waals surface area contributed by atoms with Crippen molar-refractivity contribution in [2.45, 2.75) is 43.7 Å². The van der Waals surface area contributed by atoms with Crippen LogP contribution in [0.3, 0.4) is 0 Å². The second-order valence-electron chi connectivity index (χ2n) is 6.98. The Hall–Kier alpha value is -2.38. The number of fused-ring (bicyclic) bond motifs is 1. The number of hydrogen-bond donors (Lipinski definition) is 2. The zero-order chi connectivity index (χ0) is 18.9. The van der Waals surface area contributed by atoms with Crippen molar-refractivity contribution in [2.24, 2.45) is 0 Å². The smallest absolute Gasteiger partial charge is 0.241 e. The molecule has 0 spiro atoms. The molecule has 1 aliphatic rings. The van der Waals surface area contributed by atoms with Crippen LogP contribution in [0.5, 0.6) is 5.75 Å². The van der Waals surface area contributed by atoms with E-state index in [0.717, 1.165) is 5.56 Å². The summed E-state index contributed by atoms with van der Waals surface area (Å²) in [5, 5.41) is 2.62. The lowest BCUT2D eigenvalue weighted by atomic mass is 9.90. The second-order valence-corrected chi connectivity index (χ2v) is 8.70. The van der Waals surface area contributed by atoms with Crippen LogP contribution in [0, 0.1) is 0 Å². The van der Waals surface area contributed by atoms with E-state index in [4.69, 9.17) is 4.74 Å². The van der Waals surface area contributed by atoms with Gasteiger partial charge in [0.25, 0.3) is 0 Å². The maximum Gasteiger partial charge on any atom is 0.241 e.